The first-order chi connectivity index (χ1) is 12.3. The molecule has 0 radical (unpaired) electrons. The fourth-order valence-electron chi connectivity index (χ4n) is 2.62. The summed E-state index contributed by atoms with van der Waals surface area (Å²) in [5.74, 6) is -0.432. The standard InChI is InChI=1S/C19H22FN5O/c1-12(2)25-17(11-22)10-16(24-25)9-15(6-7-21)23-19-5-4-14(20)8-18(19)13(3)26/h4-8,10,12-13,21,23,26H,9H2,1-3H3/b15-6-,21-7?/t13-/m1/s1. The molecule has 0 unspecified atom stereocenters. The summed E-state index contributed by atoms with van der Waals surface area (Å²) in [7, 11) is 0. The number of allylic oxidation sites excluding steroid dienone is 2. The lowest BCUT2D eigenvalue weighted by molar-refractivity contribution is 0.199. The van der Waals surface area contributed by atoms with Gasteiger partial charge in [0.15, 0.2) is 0 Å². The van der Waals surface area contributed by atoms with Crippen LogP contribution in [0.2, 0.25) is 0 Å². The van der Waals surface area contributed by atoms with E-state index < -0.39 is 11.9 Å². The number of hydrogen-bond donors (Lipinski definition) is 3. The van der Waals surface area contributed by atoms with Crippen molar-refractivity contribution in [3.8, 4) is 6.07 Å². The topological polar surface area (TPSA) is 97.7 Å². The van der Waals surface area contributed by atoms with Gasteiger partial charge in [-0.1, -0.05) is 0 Å². The number of aromatic nitrogens is 2. The Balaban J connectivity index is 2.31. The van der Waals surface area contributed by atoms with Crippen molar-refractivity contribution in [3.63, 3.8) is 0 Å². The van der Waals surface area contributed by atoms with E-state index in [0.717, 1.165) is 6.21 Å². The van der Waals surface area contributed by atoms with Gasteiger partial charge in [-0.2, -0.15) is 10.4 Å². The molecule has 0 saturated carbocycles. The molecular formula is C19H22FN5O. The van der Waals surface area contributed by atoms with Crippen molar-refractivity contribution >= 4 is 11.9 Å². The van der Waals surface area contributed by atoms with Crippen LogP contribution in [0.4, 0.5) is 10.1 Å². The Labute approximate surface area is 152 Å². The highest BCUT2D eigenvalue weighted by molar-refractivity contribution is 5.71. The van der Waals surface area contributed by atoms with Crippen LogP contribution in [0.5, 0.6) is 0 Å². The normalized spacial score (nSPS) is 12.7. The van der Waals surface area contributed by atoms with Gasteiger partial charge >= 0.3 is 0 Å². The summed E-state index contributed by atoms with van der Waals surface area (Å²) in [5, 5.41) is 34.0. The summed E-state index contributed by atoms with van der Waals surface area (Å²) in [4.78, 5) is 0. The third-order valence-electron chi connectivity index (χ3n) is 3.81. The molecule has 1 aromatic heterocycles. The summed E-state index contributed by atoms with van der Waals surface area (Å²) < 4.78 is 15.1. The van der Waals surface area contributed by atoms with Crippen LogP contribution in [-0.2, 0) is 6.42 Å². The molecule has 1 heterocycles. The largest absolute Gasteiger partial charge is 0.389 e. The van der Waals surface area contributed by atoms with Gasteiger partial charge in [-0.3, -0.25) is 4.68 Å². The first kappa shape index (κ1) is 19.3. The Morgan fingerprint density at radius 1 is 1.42 bits per heavy atom. The summed E-state index contributed by atoms with van der Waals surface area (Å²) >= 11 is 0. The third-order valence-corrected chi connectivity index (χ3v) is 3.81. The highest BCUT2D eigenvalue weighted by Crippen LogP contribution is 2.26. The number of aliphatic hydroxyl groups excluding tert-OH is 1. The van der Waals surface area contributed by atoms with Crippen LogP contribution in [0.1, 0.15) is 49.9 Å². The van der Waals surface area contributed by atoms with Gasteiger partial charge in [0, 0.05) is 35.6 Å². The minimum atomic E-state index is -0.847. The second-order valence-electron chi connectivity index (χ2n) is 6.24. The van der Waals surface area contributed by atoms with E-state index in [9.17, 15) is 14.8 Å². The zero-order valence-electron chi connectivity index (χ0n) is 15.0. The molecule has 0 aliphatic heterocycles. The third kappa shape index (κ3) is 4.55. The summed E-state index contributed by atoms with van der Waals surface area (Å²) in [6.45, 7) is 5.44. The Morgan fingerprint density at radius 2 is 2.15 bits per heavy atom. The van der Waals surface area contributed by atoms with E-state index in [0.29, 0.717) is 34.8 Å². The van der Waals surface area contributed by atoms with E-state index in [2.05, 4.69) is 16.5 Å². The Hall–Kier alpha value is -2.98. The molecule has 0 aliphatic rings. The van der Waals surface area contributed by atoms with E-state index in [4.69, 9.17) is 5.41 Å². The molecule has 2 aromatic rings. The molecule has 136 valence electrons. The maximum absolute atomic E-state index is 13.5. The van der Waals surface area contributed by atoms with Gasteiger partial charge in [-0.25, -0.2) is 4.39 Å². The van der Waals surface area contributed by atoms with Crippen LogP contribution in [0.15, 0.2) is 36.0 Å². The van der Waals surface area contributed by atoms with Crippen molar-refractivity contribution in [2.75, 3.05) is 5.32 Å². The zero-order valence-corrected chi connectivity index (χ0v) is 15.0. The van der Waals surface area contributed by atoms with Gasteiger partial charge in [0.1, 0.15) is 17.6 Å². The SMILES string of the molecule is CC(C)n1nc(C/C(=C/C=N)Nc2ccc(F)cc2[C@@H](C)O)cc1C#N. The van der Waals surface area contributed by atoms with Crippen molar-refractivity contribution in [2.45, 2.75) is 39.3 Å². The molecule has 26 heavy (non-hydrogen) atoms. The minimum absolute atomic E-state index is 0.0560. The van der Waals surface area contributed by atoms with Crippen LogP contribution in [0.3, 0.4) is 0 Å². The van der Waals surface area contributed by atoms with Gasteiger partial charge in [-0.15, -0.1) is 0 Å². The van der Waals surface area contributed by atoms with Crippen molar-refractivity contribution in [1.29, 1.82) is 10.7 Å². The van der Waals surface area contributed by atoms with Crippen LogP contribution in [0, 0.1) is 22.6 Å². The van der Waals surface area contributed by atoms with E-state index in [1.807, 2.05) is 13.8 Å². The Bertz CT molecular complexity index is 861. The average Bonchev–Trinajstić information content (AvgIpc) is 2.99. The summed E-state index contributed by atoms with van der Waals surface area (Å²) in [6.07, 6.45) is 2.22. The highest BCUT2D eigenvalue weighted by Gasteiger charge is 2.14. The lowest BCUT2D eigenvalue weighted by Crippen LogP contribution is -2.09. The van der Waals surface area contributed by atoms with Gasteiger partial charge in [0.2, 0.25) is 0 Å². The lowest BCUT2D eigenvalue weighted by Gasteiger charge is -2.16. The van der Waals surface area contributed by atoms with Gasteiger partial charge in [-0.05, 0) is 51.1 Å². The molecule has 0 fully saturated rings. The molecule has 1 aromatic carbocycles. The number of nitrogens with zero attached hydrogens (tertiary/aromatic N) is 3. The molecule has 6 nitrogen and oxygen atoms in total. The van der Waals surface area contributed by atoms with E-state index >= 15 is 0 Å². The molecule has 0 bridgehead atoms. The molecular weight excluding hydrogens is 333 g/mol. The number of halogens is 1. The molecule has 0 aliphatic carbocycles. The van der Waals surface area contributed by atoms with Crippen LogP contribution < -0.4 is 5.32 Å². The number of aliphatic hydroxyl groups is 1. The number of rotatable bonds is 7. The average molecular weight is 355 g/mol. The predicted molar refractivity (Wildman–Crippen MR) is 98.6 cm³/mol. The van der Waals surface area contributed by atoms with Gasteiger partial charge < -0.3 is 15.8 Å². The highest BCUT2D eigenvalue weighted by atomic mass is 19.1. The fraction of sp³-hybridized carbons (Fsp3) is 0.316. The van der Waals surface area contributed by atoms with Crippen molar-refractivity contribution in [1.82, 2.24) is 9.78 Å². The molecule has 1 atom stereocenters. The molecule has 0 spiro atoms. The molecule has 0 amide bonds. The fourth-order valence-corrected chi connectivity index (χ4v) is 2.62. The van der Waals surface area contributed by atoms with E-state index in [-0.39, 0.29) is 6.04 Å². The number of nitriles is 1. The van der Waals surface area contributed by atoms with Crippen LogP contribution in [-0.4, -0.2) is 21.1 Å². The molecule has 2 rings (SSSR count). The lowest BCUT2D eigenvalue weighted by atomic mass is 10.1. The Kier molecular flexibility index (Phi) is 6.26. The number of benzene rings is 1. The molecule has 3 N–H and O–H groups in total. The monoisotopic (exact) mass is 355 g/mol. The number of nitrogens with one attached hydrogen (secondary N) is 2. The first-order valence-electron chi connectivity index (χ1n) is 8.28. The molecule has 0 saturated heterocycles. The van der Waals surface area contributed by atoms with E-state index in [1.165, 1.54) is 12.1 Å². The zero-order chi connectivity index (χ0) is 19.3. The summed E-state index contributed by atoms with van der Waals surface area (Å²) in [5.41, 5.74) is 2.77. The van der Waals surface area contributed by atoms with Gasteiger partial charge in [0.25, 0.3) is 0 Å². The summed E-state index contributed by atoms with van der Waals surface area (Å²) in [6, 6.07) is 8.01. The minimum Gasteiger partial charge on any atom is -0.389 e. The number of hydrogen-bond acceptors (Lipinski definition) is 5. The second-order valence-corrected chi connectivity index (χ2v) is 6.24. The first-order valence-corrected chi connectivity index (χ1v) is 8.28. The molecule has 7 heteroatoms. The quantitative estimate of drug-likeness (QED) is 0.659. The van der Waals surface area contributed by atoms with Gasteiger partial charge in [0.05, 0.1) is 11.8 Å². The predicted octanol–water partition coefficient (Wildman–Crippen LogP) is 3.72. The van der Waals surface area contributed by atoms with Crippen LogP contribution in [0.25, 0.3) is 0 Å². The van der Waals surface area contributed by atoms with E-state index in [1.54, 1.807) is 29.8 Å². The van der Waals surface area contributed by atoms with Crippen molar-refractivity contribution < 1.29 is 9.50 Å². The smallest absolute Gasteiger partial charge is 0.139 e. The van der Waals surface area contributed by atoms with Crippen molar-refractivity contribution in [3.05, 3.63) is 58.8 Å². The van der Waals surface area contributed by atoms with Crippen molar-refractivity contribution in [2.24, 2.45) is 0 Å². The number of anilines is 1. The second kappa shape index (κ2) is 8.41. The maximum atomic E-state index is 13.5. The Morgan fingerprint density at radius 3 is 2.69 bits per heavy atom. The maximum Gasteiger partial charge on any atom is 0.139 e. The van der Waals surface area contributed by atoms with Crippen LogP contribution >= 0.6 is 0 Å².